The van der Waals surface area contributed by atoms with Crippen molar-refractivity contribution in [3.8, 4) is 0 Å². The molecule has 1 amide bonds. The first-order chi connectivity index (χ1) is 7.04. The second-order valence-electron chi connectivity index (χ2n) is 4.79. The van der Waals surface area contributed by atoms with Crippen molar-refractivity contribution in [2.75, 3.05) is 13.1 Å². The van der Waals surface area contributed by atoms with Crippen LogP contribution in [0.5, 0.6) is 0 Å². The normalized spacial score (nSPS) is 27.1. The van der Waals surface area contributed by atoms with Gasteiger partial charge in [-0.3, -0.25) is 15.1 Å². The molecule has 2 unspecified atom stereocenters. The number of hydrogen-bond acceptors (Lipinski definition) is 3. The van der Waals surface area contributed by atoms with E-state index in [1.54, 1.807) is 0 Å². The summed E-state index contributed by atoms with van der Waals surface area (Å²) in [5, 5.41) is 0. The molecule has 0 aromatic carbocycles. The third-order valence-electron chi connectivity index (χ3n) is 3.66. The highest BCUT2D eigenvalue weighted by atomic mass is 16.2. The van der Waals surface area contributed by atoms with Gasteiger partial charge in [-0.05, 0) is 38.6 Å². The zero-order valence-electron chi connectivity index (χ0n) is 10.0. The minimum atomic E-state index is -0.441. The number of nitrogens with one attached hydrogen (secondary N) is 1. The number of carbonyl (C=O) groups excluding carboxylic acids is 1. The number of rotatable bonds is 3. The topological polar surface area (TPSA) is 58.4 Å². The number of hydrazine groups is 1. The zero-order valence-corrected chi connectivity index (χ0v) is 10.0. The molecule has 0 bridgehead atoms. The highest BCUT2D eigenvalue weighted by molar-refractivity contribution is 5.85. The van der Waals surface area contributed by atoms with E-state index < -0.39 is 5.54 Å². The van der Waals surface area contributed by atoms with Gasteiger partial charge in [0.05, 0.1) is 5.54 Å². The maximum atomic E-state index is 11.8. The van der Waals surface area contributed by atoms with Gasteiger partial charge in [-0.15, -0.1) is 0 Å². The van der Waals surface area contributed by atoms with Gasteiger partial charge in [-0.25, -0.2) is 5.84 Å². The lowest BCUT2D eigenvalue weighted by Gasteiger charge is -2.43. The molecule has 1 rings (SSSR count). The van der Waals surface area contributed by atoms with Crippen LogP contribution in [-0.2, 0) is 4.79 Å². The van der Waals surface area contributed by atoms with Crippen molar-refractivity contribution < 1.29 is 4.79 Å². The lowest BCUT2D eigenvalue weighted by Crippen LogP contribution is -2.60. The molecule has 0 aliphatic carbocycles. The van der Waals surface area contributed by atoms with E-state index in [4.69, 9.17) is 5.84 Å². The van der Waals surface area contributed by atoms with Gasteiger partial charge in [0.25, 0.3) is 5.91 Å². The number of piperidine rings is 1. The third kappa shape index (κ3) is 2.49. The van der Waals surface area contributed by atoms with E-state index in [-0.39, 0.29) is 5.91 Å². The van der Waals surface area contributed by atoms with Crippen LogP contribution in [0.15, 0.2) is 0 Å². The summed E-state index contributed by atoms with van der Waals surface area (Å²) in [7, 11) is 0. The minimum absolute atomic E-state index is 0.0703. The molecule has 1 aliphatic rings. The molecule has 1 saturated heterocycles. The largest absolute Gasteiger partial charge is 0.293 e. The Kier molecular flexibility index (Phi) is 4.11. The van der Waals surface area contributed by atoms with Crippen molar-refractivity contribution >= 4 is 5.91 Å². The summed E-state index contributed by atoms with van der Waals surface area (Å²) in [6, 6.07) is 0. The van der Waals surface area contributed by atoms with Gasteiger partial charge in [0.2, 0.25) is 0 Å². The van der Waals surface area contributed by atoms with E-state index in [2.05, 4.69) is 17.2 Å². The van der Waals surface area contributed by atoms with E-state index in [1.807, 2.05) is 13.8 Å². The van der Waals surface area contributed by atoms with Gasteiger partial charge >= 0.3 is 0 Å². The first-order valence-electron chi connectivity index (χ1n) is 5.80. The Morgan fingerprint density at radius 2 is 2.33 bits per heavy atom. The lowest BCUT2D eigenvalue weighted by atomic mass is 9.90. The maximum Gasteiger partial charge on any atom is 0.254 e. The highest BCUT2D eigenvalue weighted by Crippen LogP contribution is 2.26. The molecule has 0 aromatic heterocycles. The van der Waals surface area contributed by atoms with E-state index in [0.717, 1.165) is 19.5 Å². The Morgan fingerprint density at radius 1 is 1.67 bits per heavy atom. The van der Waals surface area contributed by atoms with Gasteiger partial charge in [0, 0.05) is 6.54 Å². The second-order valence-corrected chi connectivity index (χ2v) is 4.79. The van der Waals surface area contributed by atoms with E-state index in [9.17, 15) is 4.79 Å². The number of hydrogen-bond donors (Lipinski definition) is 2. The number of carbonyl (C=O) groups is 1. The molecule has 0 aromatic rings. The Balaban J connectivity index is 2.75. The summed E-state index contributed by atoms with van der Waals surface area (Å²) in [5.41, 5.74) is 1.85. The number of nitrogens with two attached hydrogens (primary N) is 1. The van der Waals surface area contributed by atoms with Crippen molar-refractivity contribution in [2.45, 2.75) is 45.6 Å². The van der Waals surface area contributed by atoms with E-state index >= 15 is 0 Å². The van der Waals surface area contributed by atoms with Crippen molar-refractivity contribution in [2.24, 2.45) is 11.8 Å². The van der Waals surface area contributed by atoms with Crippen LogP contribution in [0.25, 0.3) is 0 Å². The minimum Gasteiger partial charge on any atom is -0.293 e. The van der Waals surface area contributed by atoms with Crippen LogP contribution in [0.1, 0.15) is 40.0 Å². The summed E-state index contributed by atoms with van der Waals surface area (Å²) in [4.78, 5) is 14.1. The first-order valence-corrected chi connectivity index (χ1v) is 5.80. The maximum absolute atomic E-state index is 11.8. The monoisotopic (exact) mass is 213 g/mol. The average molecular weight is 213 g/mol. The van der Waals surface area contributed by atoms with Crippen molar-refractivity contribution in [1.82, 2.24) is 10.3 Å². The van der Waals surface area contributed by atoms with Crippen LogP contribution in [0.3, 0.4) is 0 Å². The fraction of sp³-hybridized carbons (Fsp3) is 0.909. The molecular weight excluding hydrogens is 190 g/mol. The molecular formula is C11H23N3O. The van der Waals surface area contributed by atoms with Crippen molar-refractivity contribution in [1.29, 1.82) is 0 Å². The number of nitrogens with zero attached hydrogens (tertiary/aromatic N) is 1. The quantitative estimate of drug-likeness (QED) is 0.415. The van der Waals surface area contributed by atoms with E-state index in [1.165, 1.54) is 12.8 Å². The van der Waals surface area contributed by atoms with Crippen LogP contribution in [0.4, 0.5) is 0 Å². The smallest absolute Gasteiger partial charge is 0.254 e. The lowest BCUT2D eigenvalue weighted by molar-refractivity contribution is -0.134. The predicted octanol–water partition coefficient (Wildman–Crippen LogP) is 0.877. The molecule has 0 radical (unpaired) electrons. The van der Waals surface area contributed by atoms with Crippen LogP contribution in [-0.4, -0.2) is 29.4 Å². The van der Waals surface area contributed by atoms with E-state index in [0.29, 0.717) is 5.92 Å². The van der Waals surface area contributed by atoms with Crippen LogP contribution >= 0.6 is 0 Å². The Labute approximate surface area is 92.2 Å². The second kappa shape index (κ2) is 4.94. The summed E-state index contributed by atoms with van der Waals surface area (Å²) in [6.07, 6.45) is 3.23. The average Bonchev–Trinajstić information content (AvgIpc) is 2.26. The summed E-state index contributed by atoms with van der Waals surface area (Å²) < 4.78 is 0. The number of likely N-dealkylation sites (tertiary alicyclic amines) is 1. The first kappa shape index (κ1) is 12.5. The fourth-order valence-electron chi connectivity index (χ4n) is 2.32. The molecule has 4 nitrogen and oxygen atoms in total. The molecule has 1 heterocycles. The summed E-state index contributed by atoms with van der Waals surface area (Å²) in [6.45, 7) is 8.25. The molecule has 3 N–H and O–H groups in total. The number of amides is 1. The van der Waals surface area contributed by atoms with Gasteiger partial charge in [0.1, 0.15) is 0 Å². The standard InChI is InChI=1S/C11H23N3O/c1-4-11(3,10(15)13-12)14-7-5-6-9(2)8-14/h9H,4-8,12H2,1-3H3,(H,13,15). The summed E-state index contributed by atoms with van der Waals surface area (Å²) >= 11 is 0. The predicted molar refractivity (Wildman–Crippen MR) is 61.0 cm³/mol. The fourth-order valence-corrected chi connectivity index (χ4v) is 2.32. The zero-order chi connectivity index (χ0) is 11.5. The van der Waals surface area contributed by atoms with Crippen LogP contribution in [0.2, 0.25) is 0 Å². The molecule has 4 heteroatoms. The van der Waals surface area contributed by atoms with Crippen molar-refractivity contribution in [3.63, 3.8) is 0 Å². The van der Waals surface area contributed by atoms with Gasteiger partial charge < -0.3 is 0 Å². The molecule has 1 aliphatic heterocycles. The van der Waals surface area contributed by atoms with Gasteiger partial charge in [-0.1, -0.05) is 13.8 Å². The Bertz CT molecular complexity index is 232. The molecule has 88 valence electrons. The van der Waals surface area contributed by atoms with Gasteiger partial charge in [-0.2, -0.15) is 0 Å². The third-order valence-corrected chi connectivity index (χ3v) is 3.66. The van der Waals surface area contributed by atoms with Crippen LogP contribution in [0, 0.1) is 5.92 Å². The molecule has 0 saturated carbocycles. The highest BCUT2D eigenvalue weighted by Gasteiger charge is 2.38. The van der Waals surface area contributed by atoms with Crippen LogP contribution < -0.4 is 11.3 Å². The SMILES string of the molecule is CCC(C)(C(=O)NN)N1CCCC(C)C1. The van der Waals surface area contributed by atoms with Gasteiger partial charge in [0.15, 0.2) is 0 Å². The summed E-state index contributed by atoms with van der Waals surface area (Å²) in [5.74, 6) is 5.85. The van der Waals surface area contributed by atoms with Crippen molar-refractivity contribution in [3.05, 3.63) is 0 Å². The molecule has 2 atom stereocenters. The molecule has 1 fully saturated rings. The molecule has 0 spiro atoms. The molecule has 15 heavy (non-hydrogen) atoms. The Hall–Kier alpha value is -0.610. The Morgan fingerprint density at radius 3 is 2.80 bits per heavy atom.